The van der Waals surface area contributed by atoms with E-state index in [1.807, 2.05) is 6.92 Å². The summed E-state index contributed by atoms with van der Waals surface area (Å²) in [6, 6.07) is 10.2. The van der Waals surface area contributed by atoms with Crippen molar-refractivity contribution in [2.45, 2.75) is 27.2 Å². The number of carbonyl (C=O) groups is 4. The van der Waals surface area contributed by atoms with Crippen LogP contribution in [0.4, 0.5) is 0 Å². The SMILES string of the molecule is CC(C)(CO)CO.CCC(CO)(CO)CO.O=C(O)c1ccc(C(=O)O)cc1.O=C(O)c1cccc(C(=O)O)c1. The van der Waals surface area contributed by atoms with Crippen LogP contribution in [0.1, 0.15) is 68.6 Å². The molecule has 0 atom stereocenters. The second-order valence-electron chi connectivity index (χ2n) is 9.19. The van der Waals surface area contributed by atoms with Crippen molar-refractivity contribution >= 4 is 23.9 Å². The van der Waals surface area contributed by atoms with Crippen LogP contribution in [0.3, 0.4) is 0 Å². The summed E-state index contributed by atoms with van der Waals surface area (Å²) in [5.74, 6) is -4.38. The molecule has 0 saturated carbocycles. The molecule has 0 unspecified atom stereocenters. The molecular formula is C27H38O13. The maximum absolute atomic E-state index is 10.4. The van der Waals surface area contributed by atoms with Crippen LogP contribution in [0.2, 0.25) is 0 Å². The molecule has 0 aliphatic rings. The third-order valence-corrected chi connectivity index (χ3v) is 5.35. The van der Waals surface area contributed by atoms with Crippen LogP contribution < -0.4 is 0 Å². The normalized spacial score (nSPS) is 10.4. The first kappa shape index (κ1) is 38.3. The van der Waals surface area contributed by atoms with Gasteiger partial charge in [0.15, 0.2) is 0 Å². The fraction of sp³-hybridized carbons (Fsp3) is 0.407. The van der Waals surface area contributed by atoms with Gasteiger partial charge < -0.3 is 46.0 Å². The number of benzene rings is 2. The van der Waals surface area contributed by atoms with Crippen LogP contribution in [0.25, 0.3) is 0 Å². The molecule has 0 aliphatic carbocycles. The Kier molecular flexibility index (Phi) is 18.4. The van der Waals surface area contributed by atoms with E-state index in [-0.39, 0.29) is 60.7 Å². The van der Waals surface area contributed by atoms with Gasteiger partial charge in [0.25, 0.3) is 0 Å². The van der Waals surface area contributed by atoms with E-state index in [4.69, 9.17) is 46.0 Å². The molecule has 2 rings (SSSR count). The number of carboxylic acids is 4. The van der Waals surface area contributed by atoms with Gasteiger partial charge in [0.2, 0.25) is 0 Å². The van der Waals surface area contributed by atoms with Crippen molar-refractivity contribution in [2.24, 2.45) is 10.8 Å². The Labute approximate surface area is 231 Å². The van der Waals surface area contributed by atoms with Crippen molar-refractivity contribution in [3.05, 3.63) is 70.8 Å². The topological polar surface area (TPSA) is 250 Å². The van der Waals surface area contributed by atoms with Crippen LogP contribution in [-0.2, 0) is 0 Å². The third-order valence-electron chi connectivity index (χ3n) is 5.35. The highest BCUT2D eigenvalue weighted by Gasteiger charge is 2.24. The zero-order valence-corrected chi connectivity index (χ0v) is 22.5. The molecule has 0 amide bonds. The minimum absolute atomic E-state index is 0.0186. The molecule has 0 spiro atoms. The Hall–Kier alpha value is -3.88. The van der Waals surface area contributed by atoms with Crippen LogP contribution in [0, 0.1) is 10.8 Å². The van der Waals surface area contributed by atoms with Crippen molar-refractivity contribution < 1.29 is 65.1 Å². The summed E-state index contributed by atoms with van der Waals surface area (Å²) in [6.45, 7) is 5.04. The average Bonchev–Trinajstić information content (AvgIpc) is 2.95. The highest BCUT2D eigenvalue weighted by atomic mass is 16.4. The summed E-state index contributed by atoms with van der Waals surface area (Å²) < 4.78 is 0. The first-order valence-corrected chi connectivity index (χ1v) is 11.8. The van der Waals surface area contributed by atoms with E-state index >= 15 is 0 Å². The Morgan fingerprint density at radius 1 is 0.550 bits per heavy atom. The molecule has 13 heteroatoms. The van der Waals surface area contributed by atoms with Crippen LogP contribution >= 0.6 is 0 Å². The number of aliphatic hydroxyl groups excluding tert-OH is 5. The zero-order valence-electron chi connectivity index (χ0n) is 22.5. The first-order chi connectivity index (χ1) is 18.6. The van der Waals surface area contributed by atoms with Gasteiger partial charge in [-0.3, -0.25) is 0 Å². The van der Waals surface area contributed by atoms with Gasteiger partial charge in [-0.15, -0.1) is 0 Å². The molecule has 2 aromatic rings. The van der Waals surface area contributed by atoms with Gasteiger partial charge in [-0.05, 0) is 48.9 Å². The molecule has 224 valence electrons. The van der Waals surface area contributed by atoms with Crippen molar-refractivity contribution in [1.82, 2.24) is 0 Å². The van der Waals surface area contributed by atoms with Crippen molar-refractivity contribution in [2.75, 3.05) is 33.0 Å². The molecule has 0 aromatic heterocycles. The number of aliphatic hydroxyl groups is 5. The van der Waals surface area contributed by atoms with E-state index in [0.717, 1.165) is 6.07 Å². The maximum Gasteiger partial charge on any atom is 0.335 e. The molecule has 40 heavy (non-hydrogen) atoms. The Morgan fingerprint density at radius 2 is 0.850 bits per heavy atom. The molecule has 0 bridgehead atoms. The standard InChI is InChI=1S/2C8H6O4.C6H14O3.C5H12O2/c9-7(10)5-1-2-6(4-3-5)8(11)12;9-7(10)5-2-1-3-6(4-5)8(11)12;1-2-6(3-7,4-8)5-9;1-5(2,3-6)4-7/h2*1-4H,(H,9,10)(H,11,12);7-9H,2-5H2,1H3;6-7H,3-4H2,1-2H3. The van der Waals surface area contributed by atoms with Gasteiger partial charge >= 0.3 is 23.9 Å². The van der Waals surface area contributed by atoms with Gasteiger partial charge in [-0.1, -0.05) is 26.8 Å². The molecule has 0 heterocycles. The van der Waals surface area contributed by atoms with Crippen LogP contribution in [-0.4, -0.2) is 103 Å². The van der Waals surface area contributed by atoms with Gasteiger partial charge in [-0.25, -0.2) is 19.2 Å². The summed E-state index contributed by atoms with van der Waals surface area (Å²) in [5, 5.41) is 76.8. The summed E-state index contributed by atoms with van der Waals surface area (Å²) in [6.07, 6.45) is 0.594. The Morgan fingerprint density at radius 3 is 1.00 bits per heavy atom. The van der Waals surface area contributed by atoms with Gasteiger partial charge in [-0.2, -0.15) is 0 Å². The smallest absolute Gasteiger partial charge is 0.335 e. The lowest BCUT2D eigenvalue weighted by Gasteiger charge is -2.24. The lowest BCUT2D eigenvalue weighted by atomic mass is 9.88. The lowest BCUT2D eigenvalue weighted by Crippen LogP contribution is -2.32. The molecule has 9 N–H and O–H groups in total. The van der Waals surface area contributed by atoms with Crippen molar-refractivity contribution in [3.63, 3.8) is 0 Å². The summed E-state index contributed by atoms with van der Waals surface area (Å²) in [7, 11) is 0. The van der Waals surface area contributed by atoms with Gasteiger partial charge in [0.05, 0.1) is 55.3 Å². The molecular weight excluding hydrogens is 532 g/mol. The highest BCUT2D eigenvalue weighted by molar-refractivity contribution is 5.93. The minimum Gasteiger partial charge on any atom is -0.478 e. The maximum atomic E-state index is 10.4. The number of aromatic carboxylic acids is 4. The first-order valence-electron chi connectivity index (χ1n) is 11.8. The van der Waals surface area contributed by atoms with Crippen LogP contribution in [0.5, 0.6) is 0 Å². The van der Waals surface area contributed by atoms with E-state index in [0.29, 0.717) is 6.42 Å². The largest absolute Gasteiger partial charge is 0.478 e. The second-order valence-corrected chi connectivity index (χ2v) is 9.19. The number of hydrogen-bond acceptors (Lipinski definition) is 9. The Bertz CT molecular complexity index is 973. The third kappa shape index (κ3) is 14.9. The van der Waals surface area contributed by atoms with Gasteiger partial charge in [0.1, 0.15) is 0 Å². The fourth-order valence-electron chi connectivity index (χ4n) is 2.08. The predicted molar refractivity (Wildman–Crippen MR) is 143 cm³/mol. The lowest BCUT2D eigenvalue weighted by molar-refractivity contribution is 0.00302. The quantitative estimate of drug-likeness (QED) is 0.197. The molecule has 0 aliphatic heterocycles. The molecule has 2 aromatic carbocycles. The van der Waals surface area contributed by atoms with E-state index in [2.05, 4.69) is 0 Å². The summed E-state index contributed by atoms with van der Waals surface area (Å²) >= 11 is 0. The fourth-order valence-corrected chi connectivity index (χ4v) is 2.08. The zero-order chi connectivity index (χ0) is 31.5. The summed E-state index contributed by atoms with van der Waals surface area (Å²) in [5.41, 5.74) is -0.843. The Balaban J connectivity index is 0. The van der Waals surface area contributed by atoms with E-state index in [9.17, 15) is 19.2 Å². The molecule has 0 radical (unpaired) electrons. The number of rotatable bonds is 10. The molecule has 13 nitrogen and oxygen atoms in total. The number of hydrogen-bond donors (Lipinski definition) is 9. The van der Waals surface area contributed by atoms with Gasteiger partial charge in [0, 0.05) is 10.8 Å². The van der Waals surface area contributed by atoms with E-state index in [1.165, 1.54) is 42.5 Å². The van der Waals surface area contributed by atoms with E-state index in [1.54, 1.807) is 13.8 Å². The monoisotopic (exact) mass is 570 g/mol. The van der Waals surface area contributed by atoms with Crippen molar-refractivity contribution in [1.29, 1.82) is 0 Å². The van der Waals surface area contributed by atoms with E-state index < -0.39 is 29.3 Å². The molecule has 0 fully saturated rings. The average molecular weight is 571 g/mol. The predicted octanol–water partition coefficient (Wildman–Crippen LogP) is 1.52. The highest BCUT2D eigenvalue weighted by Crippen LogP contribution is 2.18. The van der Waals surface area contributed by atoms with Crippen molar-refractivity contribution in [3.8, 4) is 0 Å². The number of carboxylic acid groups (broad SMARTS) is 4. The summed E-state index contributed by atoms with van der Waals surface area (Å²) in [4.78, 5) is 41.4. The minimum atomic E-state index is -1.13. The second kappa shape index (κ2) is 19.2. The molecule has 0 saturated heterocycles. The van der Waals surface area contributed by atoms with Crippen LogP contribution in [0.15, 0.2) is 48.5 Å².